The lowest BCUT2D eigenvalue weighted by Gasteiger charge is -2.32. The van der Waals surface area contributed by atoms with Gasteiger partial charge in [-0.05, 0) is 60.1 Å². The van der Waals surface area contributed by atoms with Crippen molar-refractivity contribution in [3.63, 3.8) is 0 Å². The van der Waals surface area contributed by atoms with E-state index in [0.29, 0.717) is 6.04 Å². The zero-order chi connectivity index (χ0) is 14.6. The normalized spacial score (nSPS) is 20.1. The third-order valence-corrected chi connectivity index (χ3v) is 4.92. The van der Waals surface area contributed by atoms with E-state index in [0.717, 1.165) is 22.0 Å². The topological polar surface area (TPSA) is 49.3 Å². The second kappa shape index (κ2) is 6.89. The number of carboxylic acids is 1. The Hall–Kier alpha value is -0.620. The fraction of sp³-hybridized carbons (Fsp3) is 0.562. The molecule has 1 saturated carbocycles. The van der Waals surface area contributed by atoms with Gasteiger partial charge in [0.05, 0.1) is 0 Å². The number of aliphatic carboxylic acids is 1. The van der Waals surface area contributed by atoms with Gasteiger partial charge >= 0.3 is 5.97 Å². The number of hydrogen-bond donors (Lipinski definition) is 2. The van der Waals surface area contributed by atoms with Crippen LogP contribution >= 0.6 is 22.6 Å². The number of hydrogen-bond acceptors (Lipinski definition) is 2. The maximum absolute atomic E-state index is 11.8. The smallest absolute Gasteiger partial charge is 0.328 e. The molecule has 0 spiro atoms. The third kappa shape index (κ3) is 3.73. The van der Waals surface area contributed by atoms with Crippen LogP contribution in [-0.2, 0) is 10.3 Å². The number of benzene rings is 1. The summed E-state index contributed by atoms with van der Waals surface area (Å²) < 4.78 is 1.12. The van der Waals surface area contributed by atoms with E-state index in [1.54, 1.807) is 6.92 Å². The van der Waals surface area contributed by atoms with E-state index in [4.69, 9.17) is 0 Å². The van der Waals surface area contributed by atoms with Crippen LogP contribution in [-0.4, -0.2) is 17.1 Å². The van der Waals surface area contributed by atoms with Gasteiger partial charge in [0.25, 0.3) is 0 Å². The highest BCUT2D eigenvalue weighted by Crippen LogP contribution is 2.26. The van der Waals surface area contributed by atoms with Crippen LogP contribution in [0.15, 0.2) is 24.3 Å². The molecule has 0 bridgehead atoms. The molecule has 3 nitrogen and oxygen atoms in total. The first-order valence-electron chi connectivity index (χ1n) is 7.29. The van der Waals surface area contributed by atoms with Crippen molar-refractivity contribution < 1.29 is 9.90 Å². The standard InChI is InChI=1S/C16H22INO2/c1-16(15(19)20,12-8-10-13(17)11-9-12)18-14-6-4-2-3-5-7-14/h8-11,14,18H,2-7H2,1H3,(H,19,20). The van der Waals surface area contributed by atoms with Crippen molar-refractivity contribution in [1.82, 2.24) is 5.32 Å². The summed E-state index contributed by atoms with van der Waals surface area (Å²) in [5.41, 5.74) is -0.172. The van der Waals surface area contributed by atoms with Crippen LogP contribution < -0.4 is 5.32 Å². The highest BCUT2D eigenvalue weighted by molar-refractivity contribution is 14.1. The lowest BCUT2D eigenvalue weighted by atomic mass is 9.90. The largest absolute Gasteiger partial charge is 0.480 e. The molecule has 0 radical (unpaired) electrons. The highest BCUT2D eigenvalue weighted by atomic mass is 127. The van der Waals surface area contributed by atoms with Gasteiger partial charge in [-0.2, -0.15) is 0 Å². The molecule has 2 N–H and O–H groups in total. The highest BCUT2D eigenvalue weighted by Gasteiger charge is 2.37. The summed E-state index contributed by atoms with van der Waals surface area (Å²) in [7, 11) is 0. The summed E-state index contributed by atoms with van der Waals surface area (Å²) in [5.74, 6) is -0.803. The van der Waals surface area contributed by atoms with Crippen molar-refractivity contribution >= 4 is 28.6 Å². The number of nitrogens with one attached hydrogen (secondary N) is 1. The van der Waals surface area contributed by atoms with E-state index in [1.807, 2.05) is 24.3 Å². The fourth-order valence-electron chi connectivity index (χ4n) is 2.88. The van der Waals surface area contributed by atoms with Gasteiger partial charge < -0.3 is 5.11 Å². The summed E-state index contributed by atoms with van der Waals surface area (Å²) >= 11 is 2.23. The van der Waals surface area contributed by atoms with Crippen LogP contribution in [0.2, 0.25) is 0 Å². The van der Waals surface area contributed by atoms with Gasteiger partial charge in [0.1, 0.15) is 5.54 Å². The van der Waals surface area contributed by atoms with Gasteiger partial charge in [-0.25, -0.2) is 4.79 Å². The lowest BCUT2D eigenvalue weighted by molar-refractivity contribution is -0.145. The predicted molar refractivity (Wildman–Crippen MR) is 88.8 cm³/mol. The number of rotatable bonds is 4. The number of carboxylic acid groups (broad SMARTS) is 1. The van der Waals surface area contributed by atoms with Gasteiger partial charge in [-0.1, -0.05) is 37.8 Å². The molecule has 1 aliphatic rings. The van der Waals surface area contributed by atoms with Crippen molar-refractivity contribution in [2.45, 2.75) is 57.0 Å². The predicted octanol–water partition coefficient (Wildman–Crippen LogP) is 3.90. The second-order valence-corrected chi connectivity index (χ2v) is 7.02. The average Bonchev–Trinajstić information content (AvgIpc) is 2.67. The zero-order valence-corrected chi connectivity index (χ0v) is 14.0. The van der Waals surface area contributed by atoms with E-state index in [9.17, 15) is 9.90 Å². The fourth-order valence-corrected chi connectivity index (χ4v) is 3.24. The molecule has 1 fully saturated rings. The Labute approximate surface area is 134 Å². The van der Waals surface area contributed by atoms with Crippen molar-refractivity contribution in [1.29, 1.82) is 0 Å². The average molecular weight is 387 g/mol. The minimum absolute atomic E-state index is 0.304. The third-order valence-electron chi connectivity index (χ3n) is 4.20. The Morgan fingerprint density at radius 2 is 1.75 bits per heavy atom. The molecular formula is C16H22INO2. The van der Waals surface area contributed by atoms with Gasteiger partial charge in [0, 0.05) is 9.61 Å². The molecule has 1 aliphatic carbocycles. The van der Waals surface area contributed by atoms with Crippen molar-refractivity contribution in [3.8, 4) is 0 Å². The van der Waals surface area contributed by atoms with E-state index in [2.05, 4.69) is 27.9 Å². The first kappa shape index (κ1) is 15.8. The van der Waals surface area contributed by atoms with E-state index in [-0.39, 0.29) is 0 Å². The molecule has 1 aromatic carbocycles. The van der Waals surface area contributed by atoms with Crippen LogP contribution in [0.4, 0.5) is 0 Å². The van der Waals surface area contributed by atoms with E-state index < -0.39 is 11.5 Å². The maximum Gasteiger partial charge on any atom is 0.328 e. The van der Waals surface area contributed by atoms with Crippen LogP contribution in [0, 0.1) is 3.57 Å². The van der Waals surface area contributed by atoms with Crippen molar-refractivity contribution in [2.24, 2.45) is 0 Å². The number of halogens is 1. The van der Waals surface area contributed by atoms with Gasteiger partial charge in [0.15, 0.2) is 0 Å². The summed E-state index contributed by atoms with van der Waals surface area (Å²) in [6.45, 7) is 1.78. The van der Waals surface area contributed by atoms with Gasteiger partial charge in [-0.3, -0.25) is 5.32 Å². The lowest BCUT2D eigenvalue weighted by Crippen LogP contribution is -2.51. The first-order valence-corrected chi connectivity index (χ1v) is 8.37. The Balaban J connectivity index is 2.20. The molecule has 1 aromatic rings. The van der Waals surface area contributed by atoms with Crippen LogP contribution in [0.3, 0.4) is 0 Å². The minimum atomic E-state index is -1.00. The quantitative estimate of drug-likeness (QED) is 0.609. The molecule has 2 rings (SSSR count). The van der Waals surface area contributed by atoms with Crippen LogP contribution in [0.5, 0.6) is 0 Å². The molecule has 1 atom stereocenters. The summed E-state index contributed by atoms with van der Waals surface area (Å²) in [6, 6.07) is 8.06. The number of carbonyl (C=O) groups is 1. The summed E-state index contributed by atoms with van der Waals surface area (Å²) in [5, 5.41) is 13.1. The Kier molecular flexibility index (Phi) is 5.43. The Morgan fingerprint density at radius 1 is 1.20 bits per heavy atom. The Morgan fingerprint density at radius 3 is 2.25 bits per heavy atom. The minimum Gasteiger partial charge on any atom is -0.480 e. The first-order chi connectivity index (χ1) is 9.52. The molecule has 0 heterocycles. The van der Waals surface area contributed by atoms with Crippen LogP contribution in [0.1, 0.15) is 51.0 Å². The molecule has 0 saturated heterocycles. The van der Waals surface area contributed by atoms with Crippen molar-refractivity contribution in [2.75, 3.05) is 0 Å². The van der Waals surface area contributed by atoms with Gasteiger partial charge in [0.2, 0.25) is 0 Å². The second-order valence-electron chi connectivity index (χ2n) is 5.77. The molecule has 0 aliphatic heterocycles. The molecule has 4 heteroatoms. The summed E-state index contributed by atoms with van der Waals surface area (Å²) in [4.78, 5) is 11.8. The summed E-state index contributed by atoms with van der Waals surface area (Å²) in [6.07, 6.45) is 7.08. The zero-order valence-electron chi connectivity index (χ0n) is 11.9. The molecular weight excluding hydrogens is 365 g/mol. The van der Waals surface area contributed by atoms with E-state index >= 15 is 0 Å². The maximum atomic E-state index is 11.8. The monoisotopic (exact) mass is 387 g/mol. The van der Waals surface area contributed by atoms with Crippen molar-refractivity contribution in [3.05, 3.63) is 33.4 Å². The van der Waals surface area contributed by atoms with E-state index in [1.165, 1.54) is 25.7 Å². The molecule has 110 valence electrons. The SMILES string of the molecule is CC(NC1CCCCCC1)(C(=O)O)c1ccc(I)cc1. The van der Waals surface area contributed by atoms with Crippen LogP contribution in [0.25, 0.3) is 0 Å². The molecule has 0 amide bonds. The molecule has 1 unspecified atom stereocenters. The van der Waals surface area contributed by atoms with Gasteiger partial charge in [-0.15, -0.1) is 0 Å². The molecule has 20 heavy (non-hydrogen) atoms. The molecule has 0 aromatic heterocycles. The Bertz CT molecular complexity index is 452.